The van der Waals surface area contributed by atoms with Gasteiger partial charge in [-0.3, -0.25) is 4.79 Å². The molecular formula is C13H19ClN2O. The zero-order chi connectivity index (χ0) is 12.8. The molecule has 0 saturated heterocycles. The van der Waals surface area contributed by atoms with E-state index in [1.54, 1.807) is 11.9 Å². The number of hydrogen-bond donors (Lipinski definition) is 1. The molecule has 1 rings (SSSR count). The average molecular weight is 255 g/mol. The molecule has 0 bridgehead atoms. The van der Waals surface area contributed by atoms with Gasteiger partial charge in [-0.2, -0.15) is 0 Å². The van der Waals surface area contributed by atoms with Crippen LogP contribution < -0.4 is 5.73 Å². The molecule has 3 nitrogen and oxygen atoms in total. The summed E-state index contributed by atoms with van der Waals surface area (Å²) in [6.45, 7) is 2.58. The van der Waals surface area contributed by atoms with Gasteiger partial charge in [0, 0.05) is 18.6 Å². The number of rotatable bonds is 5. The minimum absolute atomic E-state index is 0.0122. The van der Waals surface area contributed by atoms with Gasteiger partial charge in [0.2, 0.25) is 5.91 Å². The second kappa shape index (κ2) is 6.62. The quantitative estimate of drug-likeness (QED) is 0.877. The van der Waals surface area contributed by atoms with Gasteiger partial charge in [0.25, 0.3) is 0 Å². The van der Waals surface area contributed by atoms with Crippen molar-refractivity contribution < 1.29 is 4.79 Å². The van der Waals surface area contributed by atoms with Crippen LogP contribution in [0.25, 0.3) is 0 Å². The Morgan fingerprint density at radius 2 is 2.00 bits per heavy atom. The molecule has 1 atom stereocenters. The van der Waals surface area contributed by atoms with Crippen molar-refractivity contribution in [3.63, 3.8) is 0 Å². The zero-order valence-electron chi connectivity index (χ0n) is 10.3. The molecule has 4 heteroatoms. The molecule has 0 aromatic heterocycles. The van der Waals surface area contributed by atoms with E-state index in [4.69, 9.17) is 17.3 Å². The maximum absolute atomic E-state index is 11.9. The first-order valence-electron chi connectivity index (χ1n) is 5.79. The van der Waals surface area contributed by atoms with Crippen molar-refractivity contribution in [2.24, 2.45) is 5.73 Å². The van der Waals surface area contributed by atoms with Crippen LogP contribution in [0.1, 0.15) is 25.3 Å². The first-order chi connectivity index (χ1) is 8.04. The second-order valence-corrected chi connectivity index (χ2v) is 4.65. The van der Waals surface area contributed by atoms with E-state index in [1.807, 2.05) is 31.2 Å². The van der Waals surface area contributed by atoms with E-state index in [0.717, 1.165) is 18.4 Å². The zero-order valence-corrected chi connectivity index (χ0v) is 11.1. The summed E-state index contributed by atoms with van der Waals surface area (Å²) in [5, 5.41) is 0.699. The standard InChI is InChI=1S/C13H19ClN2O/c1-3-4-12(15)13(17)16(2)9-10-5-7-11(14)8-6-10/h5-8,12H,3-4,9,15H2,1-2H3/t12-/m1/s1. The number of hydrogen-bond acceptors (Lipinski definition) is 2. The van der Waals surface area contributed by atoms with Crippen LogP contribution in [-0.2, 0) is 11.3 Å². The highest BCUT2D eigenvalue weighted by Crippen LogP contribution is 2.11. The molecule has 1 aromatic rings. The molecule has 0 heterocycles. The van der Waals surface area contributed by atoms with Gasteiger partial charge in [-0.25, -0.2) is 0 Å². The summed E-state index contributed by atoms with van der Waals surface area (Å²) in [7, 11) is 1.77. The molecule has 17 heavy (non-hydrogen) atoms. The van der Waals surface area contributed by atoms with Gasteiger partial charge in [-0.1, -0.05) is 37.1 Å². The molecule has 0 fully saturated rings. The van der Waals surface area contributed by atoms with Crippen molar-refractivity contribution in [1.82, 2.24) is 4.90 Å². The number of carbonyl (C=O) groups excluding carboxylic acids is 1. The first-order valence-corrected chi connectivity index (χ1v) is 6.17. The summed E-state index contributed by atoms with van der Waals surface area (Å²) in [6, 6.07) is 7.08. The summed E-state index contributed by atoms with van der Waals surface area (Å²) >= 11 is 5.80. The summed E-state index contributed by atoms with van der Waals surface area (Å²) in [4.78, 5) is 13.5. The summed E-state index contributed by atoms with van der Waals surface area (Å²) < 4.78 is 0. The molecule has 0 aliphatic heterocycles. The third-order valence-electron chi connectivity index (χ3n) is 2.63. The number of benzene rings is 1. The van der Waals surface area contributed by atoms with Gasteiger partial charge in [-0.15, -0.1) is 0 Å². The fraction of sp³-hybridized carbons (Fsp3) is 0.462. The Morgan fingerprint density at radius 3 is 2.53 bits per heavy atom. The Bertz CT molecular complexity index is 364. The maximum atomic E-state index is 11.9. The fourth-order valence-corrected chi connectivity index (χ4v) is 1.79. The van der Waals surface area contributed by atoms with Crippen molar-refractivity contribution in [1.29, 1.82) is 0 Å². The van der Waals surface area contributed by atoms with Gasteiger partial charge >= 0.3 is 0 Å². The van der Waals surface area contributed by atoms with Gasteiger partial charge in [0.05, 0.1) is 6.04 Å². The van der Waals surface area contributed by atoms with Crippen LogP contribution in [0.4, 0.5) is 0 Å². The Labute approximate surface area is 108 Å². The summed E-state index contributed by atoms with van der Waals surface area (Å²) in [5.41, 5.74) is 6.84. The van der Waals surface area contributed by atoms with E-state index in [9.17, 15) is 4.79 Å². The summed E-state index contributed by atoms with van der Waals surface area (Å²) in [6.07, 6.45) is 1.64. The van der Waals surface area contributed by atoms with E-state index in [0.29, 0.717) is 11.6 Å². The monoisotopic (exact) mass is 254 g/mol. The highest BCUT2D eigenvalue weighted by molar-refractivity contribution is 6.30. The van der Waals surface area contributed by atoms with Gasteiger partial charge in [0.1, 0.15) is 0 Å². The maximum Gasteiger partial charge on any atom is 0.239 e. The van der Waals surface area contributed by atoms with Crippen LogP contribution in [0, 0.1) is 0 Å². The van der Waals surface area contributed by atoms with E-state index in [-0.39, 0.29) is 5.91 Å². The number of halogens is 1. The summed E-state index contributed by atoms with van der Waals surface area (Å²) in [5.74, 6) is -0.0122. The molecule has 0 spiro atoms. The Kier molecular flexibility index (Phi) is 5.45. The highest BCUT2D eigenvalue weighted by Gasteiger charge is 2.16. The Balaban J connectivity index is 2.56. The molecule has 0 unspecified atom stereocenters. The number of likely N-dealkylation sites (N-methyl/N-ethyl adjacent to an activating group) is 1. The minimum Gasteiger partial charge on any atom is -0.340 e. The average Bonchev–Trinajstić information content (AvgIpc) is 2.31. The molecule has 94 valence electrons. The third kappa shape index (κ3) is 4.36. The lowest BCUT2D eigenvalue weighted by molar-refractivity contribution is -0.131. The largest absolute Gasteiger partial charge is 0.340 e. The second-order valence-electron chi connectivity index (χ2n) is 4.22. The third-order valence-corrected chi connectivity index (χ3v) is 2.88. The molecule has 1 aromatic carbocycles. The lowest BCUT2D eigenvalue weighted by atomic mass is 10.1. The van der Waals surface area contributed by atoms with Crippen LogP contribution in [0.2, 0.25) is 5.02 Å². The minimum atomic E-state index is -0.391. The normalized spacial score (nSPS) is 12.2. The Morgan fingerprint density at radius 1 is 1.41 bits per heavy atom. The SMILES string of the molecule is CCC[C@@H](N)C(=O)N(C)Cc1ccc(Cl)cc1. The van der Waals surface area contributed by atoms with Gasteiger partial charge in [0.15, 0.2) is 0 Å². The van der Waals surface area contributed by atoms with Crippen molar-refractivity contribution >= 4 is 17.5 Å². The smallest absolute Gasteiger partial charge is 0.239 e. The lowest BCUT2D eigenvalue weighted by Crippen LogP contribution is -2.41. The number of carbonyl (C=O) groups is 1. The topological polar surface area (TPSA) is 46.3 Å². The van der Waals surface area contributed by atoms with Crippen LogP contribution in [-0.4, -0.2) is 23.9 Å². The van der Waals surface area contributed by atoms with Crippen LogP contribution in [0.15, 0.2) is 24.3 Å². The van der Waals surface area contributed by atoms with E-state index >= 15 is 0 Å². The van der Waals surface area contributed by atoms with Crippen molar-refractivity contribution in [3.8, 4) is 0 Å². The van der Waals surface area contributed by atoms with Crippen molar-refractivity contribution in [3.05, 3.63) is 34.9 Å². The van der Waals surface area contributed by atoms with Gasteiger partial charge in [-0.05, 0) is 24.1 Å². The van der Waals surface area contributed by atoms with Gasteiger partial charge < -0.3 is 10.6 Å². The number of amides is 1. The Hall–Kier alpha value is -1.06. The number of nitrogens with zero attached hydrogens (tertiary/aromatic N) is 1. The first kappa shape index (κ1) is 14.0. The van der Waals surface area contributed by atoms with Crippen molar-refractivity contribution in [2.45, 2.75) is 32.4 Å². The molecule has 0 saturated carbocycles. The fourth-order valence-electron chi connectivity index (χ4n) is 1.66. The van der Waals surface area contributed by atoms with E-state index in [1.165, 1.54) is 0 Å². The van der Waals surface area contributed by atoms with Crippen LogP contribution in [0.3, 0.4) is 0 Å². The molecule has 0 aliphatic rings. The lowest BCUT2D eigenvalue weighted by Gasteiger charge is -2.21. The molecule has 0 radical (unpaired) electrons. The highest BCUT2D eigenvalue weighted by atomic mass is 35.5. The van der Waals surface area contributed by atoms with Crippen LogP contribution in [0.5, 0.6) is 0 Å². The predicted octanol–water partition coefficient (Wildman–Crippen LogP) is 2.43. The molecular weight excluding hydrogens is 236 g/mol. The van der Waals surface area contributed by atoms with Crippen LogP contribution >= 0.6 is 11.6 Å². The van der Waals surface area contributed by atoms with E-state index < -0.39 is 6.04 Å². The molecule has 2 N–H and O–H groups in total. The van der Waals surface area contributed by atoms with E-state index in [2.05, 4.69) is 0 Å². The molecule has 1 amide bonds. The molecule has 0 aliphatic carbocycles. The number of nitrogens with two attached hydrogens (primary N) is 1. The predicted molar refractivity (Wildman–Crippen MR) is 70.8 cm³/mol. The van der Waals surface area contributed by atoms with Crippen molar-refractivity contribution in [2.75, 3.05) is 7.05 Å².